The molecular formula is C17H20. The molecule has 0 aliphatic rings. The van der Waals surface area contributed by atoms with Gasteiger partial charge in [-0.1, -0.05) is 73.5 Å². The Morgan fingerprint density at radius 1 is 0.706 bits per heavy atom. The van der Waals surface area contributed by atoms with Gasteiger partial charge in [0.2, 0.25) is 0 Å². The molecule has 0 heterocycles. The van der Waals surface area contributed by atoms with Gasteiger partial charge in [-0.3, -0.25) is 0 Å². The van der Waals surface area contributed by atoms with E-state index in [4.69, 9.17) is 0 Å². The third-order valence-electron chi connectivity index (χ3n) is 3.44. The molecule has 2 aromatic carbocycles. The van der Waals surface area contributed by atoms with Crippen molar-refractivity contribution in [2.24, 2.45) is 0 Å². The molecule has 0 nitrogen and oxygen atoms in total. The first kappa shape index (κ1) is 11.9. The van der Waals surface area contributed by atoms with Crippen molar-refractivity contribution < 1.29 is 0 Å². The Bertz CT molecular complexity index is 487. The zero-order chi connectivity index (χ0) is 12.5. The van der Waals surface area contributed by atoms with E-state index in [-0.39, 0.29) is 5.41 Å². The van der Waals surface area contributed by atoms with Gasteiger partial charge in [-0.05, 0) is 25.0 Å². The van der Waals surface area contributed by atoms with Gasteiger partial charge in [0.25, 0.3) is 0 Å². The van der Waals surface area contributed by atoms with Crippen molar-refractivity contribution in [2.45, 2.75) is 33.1 Å². The van der Waals surface area contributed by atoms with E-state index < -0.39 is 0 Å². The predicted molar refractivity (Wildman–Crippen MR) is 74.5 cm³/mol. The van der Waals surface area contributed by atoms with Crippen molar-refractivity contribution in [3.8, 4) is 0 Å². The highest BCUT2D eigenvalue weighted by atomic mass is 14.3. The fraction of sp³-hybridized carbons (Fsp3) is 0.294. The van der Waals surface area contributed by atoms with Crippen LogP contribution in [0.4, 0.5) is 0 Å². The topological polar surface area (TPSA) is 0 Å². The average Bonchev–Trinajstić information content (AvgIpc) is 2.29. The Hall–Kier alpha value is -1.56. The smallest absolute Gasteiger partial charge is 0.0146 e. The lowest BCUT2D eigenvalue weighted by Crippen LogP contribution is -2.19. The van der Waals surface area contributed by atoms with Gasteiger partial charge in [-0.2, -0.15) is 0 Å². The van der Waals surface area contributed by atoms with Crippen LogP contribution < -0.4 is 0 Å². The maximum absolute atomic E-state index is 2.29. The van der Waals surface area contributed by atoms with Crippen LogP contribution in [0, 0.1) is 13.8 Å². The van der Waals surface area contributed by atoms with E-state index in [9.17, 15) is 0 Å². The minimum atomic E-state index is 0.0675. The molecule has 0 aliphatic heterocycles. The standard InChI is InChI=1S/C17H20/c1-13-10-14(2)12-16(11-13)17(3,4)15-8-6-5-7-9-15/h5-12H,1-4H3. The lowest BCUT2D eigenvalue weighted by atomic mass is 9.77. The van der Waals surface area contributed by atoms with Crippen LogP contribution in [0.2, 0.25) is 0 Å². The summed E-state index contributed by atoms with van der Waals surface area (Å²) in [6.45, 7) is 8.91. The molecular weight excluding hydrogens is 204 g/mol. The molecule has 0 aliphatic carbocycles. The SMILES string of the molecule is Cc1cc(C)cc(C(C)(C)c2ccccc2)c1. The van der Waals surface area contributed by atoms with Gasteiger partial charge in [-0.15, -0.1) is 0 Å². The Balaban J connectivity index is 2.51. The Morgan fingerprint density at radius 3 is 1.76 bits per heavy atom. The molecule has 2 aromatic rings. The van der Waals surface area contributed by atoms with Crippen molar-refractivity contribution in [2.75, 3.05) is 0 Å². The fourth-order valence-electron chi connectivity index (χ4n) is 2.36. The molecule has 2 rings (SSSR count). The molecule has 17 heavy (non-hydrogen) atoms. The van der Waals surface area contributed by atoms with E-state index in [1.54, 1.807) is 0 Å². The quantitative estimate of drug-likeness (QED) is 0.697. The summed E-state index contributed by atoms with van der Waals surface area (Å²) in [4.78, 5) is 0. The van der Waals surface area contributed by atoms with Crippen LogP contribution >= 0.6 is 0 Å². The van der Waals surface area contributed by atoms with Gasteiger partial charge >= 0.3 is 0 Å². The molecule has 88 valence electrons. The summed E-state index contributed by atoms with van der Waals surface area (Å²) in [5, 5.41) is 0. The van der Waals surface area contributed by atoms with Crippen LogP contribution in [0.3, 0.4) is 0 Å². The van der Waals surface area contributed by atoms with Gasteiger partial charge in [0, 0.05) is 5.41 Å². The number of aryl methyl sites for hydroxylation is 2. The van der Waals surface area contributed by atoms with Crippen LogP contribution in [0.5, 0.6) is 0 Å². The average molecular weight is 224 g/mol. The summed E-state index contributed by atoms with van der Waals surface area (Å²) in [7, 11) is 0. The van der Waals surface area contributed by atoms with E-state index in [1.807, 2.05) is 0 Å². The van der Waals surface area contributed by atoms with E-state index in [0.717, 1.165) is 0 Å². The third kappa shape index (κ3) is 2.41. The summed E-state index contributed by atoms with van der Waals surface area (Å²) < 4.78 is 0. The second kappa shape index (κ2) is 4.37. The maximum atomic E-state index is 2.29. The molecule has 0 unspecified atom stereocenters. The summed E-state index contributed by atoms with van der Waals surface area (Å²) in [6.07, 6.45) is 0. The summed E-state index contributed by atoms with van der Waals surface area (Å²) in [5.74, 6) is 0. The highest BCUT2D eigenvalue weighted by molar-refractivity contribution is 5.41. The Labute approximate surface area is 104 Å². The first-order valence-electron chi connectivity index (χ1n) is 6.14. The lowest BCUT2D eigenvalue weighted by Gasteiger charge is -2.27. The molecule has 0 fully saturated rings. The molecule has 0 saturated heterocycles. The van der Waals surface area contributed by atoms with Crippen molar-refractivity contribution in [3.05, 3.63) is 70.8 Å². The number of hydrogen-bond acceptors (Lipinski definition) is 0. The molecule has 0 heteroatoms. The number of hydrogen-bond donors (Lipinski definition) is 0. The minimum Gasteiger partial charge on any atom is -0.0622 e. The Morgan fingerprint density at radius 2 is 1.24 bits per heavy atom. The van der Waals surface area contributed by atoms with Gasteiger partial charge in [0.1, 0.15) is 0 Å². The van der Waals surface area contributed by atoms with E-state index in [1.165, 1.54) is 22.3 Å². The predicted octanol–water partition coefficient (Wildman–Crippen LogP) is 4.63. The van der Waals surface area contributed by atoms with Crippen LogP contribution in [-0.2, 0) is 5.41 Å². The second-order valence-corrected chi connectivity index (χ2v) is 5.37. The summed E-state index contributed by atoms with van der Waals surface area (Å²) >= 11 is 0. The molecule has 0 N–H and O–H groups in total. The van der Waals surface area contributed by atoms with Crippen molar-refractivity contribution in [1.29, 1.82) is 0 Å². The summed E-state index contributed by atoms with van der Waals surface area (Å²) in [6, 6.07) is 17.5. The van der Waals surface area contributed by atoms with Crippen LogP contribution in [0.15, 0.2) is 48.5 Å². The van der Waals surface area contributed by atoms with E-state index in [0.29, 0.717) is 0 Å². The maximum Gasteiger partial charge on any atom is 0.0146 e. The normalized spacial score (nSPS) is 11.5. The van der Waals surface area contributed by atoms with E-state index >= 15 is 0 Å². The molecule has 0 amide bonds. The van der Waals surface area contributed by atoms with Gasteiger partial charge in [0.15, 0.2) is 0 Å². The lowest BCUT2D eigenvalue weighted by molar-refractivity contribution is 0.639. The molecule has 0 saturated carbocycles. The van der Waals surface area contributed by atoms with Gasteiger partial charge in [0.05, 0.1) is 0 Å². The Kier molecular flexibility index (Phi) is 3.06. The van der Waals surface area contributed by atoms with Gasteiger partial charge < -0.3 is 0 Å². The molecule has 0 atom stereocenters. The first-order valence-corrected chi connectivity index (χ1v) is 6.14. The number of benzene rings is 2. The van der Waals surface area contributed by atoms with Crippen molar-refractivity contribution in [1.82, 2.24) is 0 Å². The highest BCUT2D eigenvalue weighted by Crippen LogP contribution is 2.32. The monoisotopic (exact) mass is 224 g/mol. The van der Waals surface area contributed by atoms with E-state index in [2.05, 4.69) is 76.2 Å². The van der Waals surface area contributed by atoms with Crippen LogP contribution in [0.1, 0.15) is 36.1 Å². The number of rotatable bonds is 2. The highest BCUT2D eigenvalue weighted by Gasteiger charge is 2.22. The molecule has 0 bridgehead atoms. The van der Waals surface area contributed by atoms with Crippen molar-refractivity contribution in [3.63, 3.8) is 0 Å². The summed E-state index contributed by atoms with van der Waals surface area (Å²) in [5.41, 5.74) is 5.50. The van der Waals surface area contributed by atoms with Crippen LogP contribution in [0.25, 0.3) is 0 Å². The fourth-order valence-corrected chi connectivity index (χ4v) is 2.36. The minimum absolute atomic E-state index is 0.0675. The molecule has 0 radical (unpaired) electrons. The molecule has 0 aromatic heterocycles. The van der Waals surface area contributed by atoms with Gasteiger partial charge in [-0.25, -0.2) is 0 Å². The second-order valence-electron chi connectivity index (χ2n) is 5.37. The van der Waals surface area contributed by atoms with Crippen molar-refractivity contribution >= 4 is 0 Å². The molecule has 0 spiro atoms. The zero-order valence-corrected chi connectivity index (χ0v) is 11.1. The zero-order valence-electron chi connectivity index (χ0n) is 11.1. The first-order chi connectivity index (χ1) is 8.00. The van der Waals surface area contributed by atoms with Crippen LogP contribution in [-0.4, -0.2) is 0 Å². The third-order valence-corrected chi connectivity index (χ3v) is 3.44. The largest absolute Gasteiger partial charge is 0.0622 e.